The van der Waals surface area contributed by atoms with E-state index in [1.165, 1.54) is 25.3 Å². The maximum Gasteiger partial charge on any atom is 0.387 e. The smallest absolute Gasteiger partial charge is 0.387 e. The molecule has 2 amide bonds. The molecule has 128 valence electrons. The van der Waals surface area contributed by atoms with E-state index in [0.29, 0.717) is 10.7 Å². The average molecular weight is 357 g/mol. The number of carbonyl (C=O) groups is 1. The number of amides is 2. The van der Waals surface area contributed by atoms with E-state index < -0.39 is 12.6 Å². The number of hydrogen-bond acceptors (Lipinski definition) is 3. The minimum Gasteiger partial charge on any atom is -0.493 e. The minimum atomic E-state index is -3.00. The molecule has 0 spiro atoms. The van der Waals surface area contributed by atoms with Crippen LogP contribution in [-0.4, -0.2) is 19.8 Å². The first kappa shape index (κ1) is 17.8. The van der Waals surface area contributed by atoms with Crippen LogP contribution in [0.1, 0.15) is 5.56 Å². The topological polar surface area (TPSA) is 59.6 Å². The molecule has 0 saturated carbocycles. The molecule has 2 aromatic carbocycles. The normalized spacial score (nSPS) is 10.4. The first-order valence-electron chi connectivity index (χ1n) is 6.86. The van der Waals surface area contributed by atoms with Gasteiger partial charge in [0.05, 0.1) is 7.11 Å². The SMILES string of the molecule is COc1ccc(NC(=O)Nc2ccc(C)c(Cl)c2)cc1OC(F)F. The van der Waals surface area contributed by atoms with E-state index in [9.17, 15) is 13.6 Å². The van der Waals surface area contributed by atoms with E-state index in [0.717, 1.165) is 5.56 Å². The molecule has 0 saturated heterocycles. The van der Waals surface area contributed by atoms with Crippen LogP contribution in [0.4, 0.5) is 25.0 Å². The Labute approximate surface area is 142 Å². The van der Waals surface area contributed by atoms with E-state index >= 15 is 0 Å². The highest BCUT2D eigenvalue weighted by molar-refractivity contribution is 6.31. The summed E-state index contributed by atoms with van der Waals surface area (Å²) in [4.78, 5) is 12.0. The van der Waals surface area contributed by atoms with Crippen molar-refractivity contribution in [2.24, 2.45) is 0 Å². The fourth-order valence-corrected chi connectivity index (χ4v) is 2.09. The van der Waals surface area contributed by atoms with Gasteiger partial charge in [0.25, 0.3) is 0 Å². The van der Waals surface area contributed by atoms with Gasteiger partial charge in [-0.25, -0.2) is 4.79 Å². The molecule has 0 heterocycles. The molecule has 0 aromatic heterocycles. The number of nitrogens with one attached hydrogen (secondary N) is 2. The number of alkyl halides is 2. The number of benzene rings is 2. The molecule has 24 heavy (non-hydrogen) atoms. The van der Waals surface area contributed by atoms with Crippen LogP contribution in [0.25, 0.3) is 0 Å². The van der Waals surface area contributed by atoms with Crippen molar-refractivity contribution in [3.05, 3.63) is 47.0 Å². The zero-order valence-electron chi connectivity index (χ0n) is 12.9. The fourth-order valence-electron chi connectivity index (χ4n) is 1.91. The predicted molar refractivity (Wildman–Crippen MR) is 88.5 cm³/mol. The van der Waals surface area contributed by atoms with Crippen LogP contribution >= 0.6 is 11.6 Å². The molecule has 0 bridgehead atoms. The summed E-state index contributed by atoms with van der Waals surface area (Å²) < 4.78 is 34.1. The lowest BCUT2D eigenvalue weighted by atomic mass is 10.2. The van der Waals surface area contributed by atoms with Crippen LogP contribution in [0.5, 0.6) is 11.5 Å². The average Bonchev–Trinajstić information content (AvgIpc) is 2.50. The predicted octanol–water partition coefficient (Wildman–Crippen LogP) is 4.90. The van der Waals surface area contributed by atoms with Crippen LogP contribution < -0.4 is 20.1 Å². The lowest BCUT2D eigenvalue weighted by molar-refractivity contribution is -0.0511. The molecule has 0 aliphatic rings. The number of halogens is 3. The summed E-state index contributed by atoms with van der Waals surface area (Å²) in [5.74, 6) is -0.0461. The number of hydrogen-bond donors (Lipinski definition) is 2. The number of rotatable bonds is 5. The molecule has 2 N–H and O–H groups in total. The maximum absolute atomic E-state index is 12.4. The Bertz CT molecular complexity index is 741. The Morgan fingerprint density at radius 2 is 1.71 bits per heavy atom. The second-order valence-electron chi connectivity index (χ2n) is 4.79. The van der Waals surface area contributed by atoms with Crippen molar-refractivity contribution in [1.82, 2.24) is 0 Å². The second kappa shape index (κ2) is 7.83. The summed E-state index contributed by atoms with van der Waals surface area (Å²) in [7, 11) is 1.33. The van der Waals surface area contributed by atoms with Crippen molar-refractivity contribution in [3.63, 3.8) is 0 Å². The number of anilines is 2. The fraction of sp³-hybridized carbons (Fsp3) is 0.188. The monoisotopic (exact) mass is 356 g/mol. The summed E-state index contributed by atoms with van der Waals surface area (Å²) in [5.41, 5.74) is 1.65. The van der Waals surface area contributed by atoms with Gasteiger partial charge in [-0.1, -0.05) is 17.7 Å². The molecule has 8 heteroatoms. The van der Waals surface area contributed by atoms with Gasteiger partial charge in [-0.2, -0.15) is 8.78 Å². The van der Waals surface area contributed by atoms with Gasteiger partial charge in [-0.3, -0.25) is 0 Å². The molecule has 0 fully saturated rings. The molecule has 0 unspecified atom stereocenters. The Morgan fingerprint density at radius 3 is 2.29 bits per heavy atom. The van der Waals surface area contributed by atoms with E-state index in [1.54, 1.807) is 18.2 Å². The highest BCUT2D eigenvalue weighted by Crippen LogP contribution is 2.31. The van der Waals surface area contributed by atoms with Gasteiger partial charge < -0.3 is 20.1 Å². The van der Waals surface area contributed by atoms with Gasteiger partial charge in [0, 0.05) is 22.5 Å². The van der Waals surface area contributed by atoms with Crippen molar-refractivity contribution < 1.29 is 23.0 Å². The largest absolute Gasteiger partial charge is 0.493 e. The highest BCUT2D eigenvalue weighted by Gasteiger charge is 2.12. The second-order valence-corrected chi connectivity index (χ2v) is 5.19. The van der Waals surface area contributed by atoms with Crippen LogP contribution in [0.15, 0.2) is 36.4 Å². The van der Waals surface area contributed by atoms with Gasteiger partial charge in [-0.05, 0) is 36.8 Å². The summed E-state index contributed by atoms with van der Waals surface area (Å²) in [6, 6.07) is 8.67. The minimum absolute atomic E-state index is 0.131. The summed E-state index contributed by atoms with van der Waals surface area (Å²) >= 11 is 5.99. The third kappa shape index (κ3) is 4.73. The Morgan fingerprint density at radius 1 is 1.08 bits per heavy atom. The molecular formula is C16H15ClF2N2O3. The Kier molecular flexibility index (Phi) is 5.81. The van der Waals surface area contributed by atoms with Crippen molar-refractivity contribution >= 4 is 29.0 Å². The first-order valence-corrected chi connectivity index (χ1v) is 7.24. The van der Waals surface area contributed by atoms with Crippen molar-refractivity contribution in [1.29, 1.82) is 0 Å². The molecule has 0 aliphatic heterocycles. The van der Waals surface area contributed by atoms with Crippen molar-refractivity contribution in [2.45, 2.75) is 13.5 Å². The van der Waals surface area contributed by atoms with Gasteiger partial charge in [0.1, 0.15) is 0 Å². The number of urea groups is 1. The van der Waals surface area contributed by atoms with Gasteiger partial charge >= 0.3 is 12.6 Å². The third-order valence-electron chi connectivity index (χ3n) is 3.07. The summed E-state index contributed by atoms with van der Waals surface area (Å²) in [5, 5.41) is 5.63. The number of aryl methyl sites for hydroxylation is 1. The van der Waals surface area contributed by atoms with Crippen molar-refractivity contribution in [3.8, 4) is 11.5 Å². The lowest BCUT2D eigenvalue weighted by Crippen LogP contribution is -2.19. The van der Waals surface area contributed by atoms with E-state index in [4.69, 9.17) is 16.3 Å². The van der Waals surface area contributed by atoms with Gasteiger partial charge in [0.2, 0.25) is 0 Å². The molecular weight excluding hydrogens is 342 g/mol. The lowest BCUT2D eigenvalue weighted by Gasteiger charge is -2.13. The van der Waals surface area contributed by atoms with Crippen LogP contribution in [0.3, 0.4) is 0 Å². The molecule has 5 nitrogen and oxygen atoms in total. The number of methoxy groups -OCH3 is 1. The molecule has 0 aliphatic carbocycles. The molecule has 0 atom stereocenters. The molecule has 0 radical (unpaired) electrons. The number of carbonyl (C=O) groups excluding carboxylic acids is 1. The maximum atomic E-state index is 12.4. The molecule has 2 aromatic rings. The Hall–Kier alpha value is -2.54. The Balaban J connectivity index is 2.09. The third-order valence-corrected chi connectivity index (χ3v) is 3.47. The molecule has 2 rings (SSSR count). The van der Waals surface area contributed by atoms with Crippen LogP contribution in [0.2, 0.25) is 5.02 Å². The van der Waals surface area contributed by atoms with Crippen LogP contribution in [-0.2, 0) is 0 Å². The summed E-state index contributed by atoms with van der Waals surface area (Å²) in [6.07, 6.45) is 0. The quantitative estimate of drug-likeness (QED) is 0.800. The first-order chi connectivity index (χ1) is 11.4. The number of ether oxygens (including phenoxy) is 2. The van der Waals surface area contributed by atoms with Gasteiger partial charge in [-0.15, -0.1) is 0 Å². The standard InChI is InChI=1S/C16H15ClF2N2O3/c1-9-3-4-10(7-12(9)17)20-16(22)21-11-5-6-13(23-2)14(8-11)24-15(18)19/h3-8,15H,1-2H3,(H2,20,21,22). The zero-order valence-corrected chi connectivity index (χ0v) is 13.7. The van der Waals surface area contributed by atoms with E-state index in [1.807, 2.05) is 6.92 Å². The van der Waals surface area contributed by atoms with E-state index in [-0.39, 0.29) is 17.2 Å². The van der Waals surface area contributed by atoms with Gasteiger partial charge in [0.15, 0.2) is 11.5 Å². The van der Waals surface area contributed by atoms with Crippen molar-refractivity contribution in [2.75, 3.05) is 17.7 Å². The summed E-state index contributed by atoms with van der Waals surface area (Å²) in [6.45, 7) is -1.16. The highest BCUT2D eigenvalue weighted by atomic mass is 35.5. The zero-order chi connectivity index (χ0) is 17.7. The van der Waals surface area contributed by atoms with Crippen LogP contribution in [0, 0.1) is 6.92 Å². The van der Waals surface area contributed by atoms with E-state index in [2.05, 4.69) is 15.4 Å².